The predicted molar refractivity (Wildman–Crippen MR) is 97.2 cm³/mol. The fourth-order valence-corrected chi connectivity index (χ4v) is 3.45. The number of imidazole rings is 1. The third kappa shape index (κ3) is 5.56. The van der Waals surface area contributed by atoms with E-state index in [-0.39, 0.29) is 5.82 Å². The fraction of sp³-hybridized carbons (Fsp3) is 0.412. The zero-order valence-electron chi connectivity index (χ0n) is 13.4. The average Bonchev–Trinajstić information content (AvgIpc) is 3.11. The van der Waals surface area contributed by atoms with Crippen molar-refractivity contribution in [1.82, 2.24) is 9.55 Å². The number of hydrogen-bond acceptors (Lipinski definition) is 4. The first-order chi connectivity index (χ1) is 11.6. The molecule has 2 rings (SSSR count). The summed E-state index contributed by atoms with van der Waals surface area (Å²) in [4.78, 5) is 3.87. The molecule has 2 unspecified atom stereocenters. The van der Waals surface area contributed by atoms with Crippen LogP contribution in [0.4, 0.5) is 8.78 Å². The molecule has 0 aliphatic carbocycles. The van der Waals surface area contributed by atoms with E-state index in [1.54, 1.807) is 18.3 Å². The number of thiocarbonyl (C=S) groups is 1. The van der Waals surface area contributed by atoms with Crippen LogP contribution in [-0.4, -0.2) is 20.5 Å². The number of rotatable bonds is 8. The maximum Gasteiger partial charge on any atom is 0.220 e. The van der Waals surface area contributed by atoms with Crippen molar-refractivity contribution in [2.75, 3.05) is 6.61 Å². The van der Waals surface area contributed by atoms with Crippen LogP contribution >= 0.6 is 24.0 Å². The molecular weight excluding hydrogens is 350 g/mol. The summed E-state index contributed by atoms with van der Waals surface area (Å²) in [5.41, 5.74) is 0.641. The first-order valence-electron chi connectivity index (χ1n) is 7.82. The molecule has 2 atom stereocenters. The summed E-state index contributed by atoms with van der Waals surface area (Å²) in [5.74, 6) is -0.362. The Morgan fingerprint density at radius 3 is 2.71 bits per heavy atom. The number of thioether (sulfide) groups is 1. The fourth-order valence-electron chi connectivity index (χ4n) is 2.15. The van der Waals surface area contributed by atoms with E-state index in [1.807, 2.05) is 0 Å². The van der Waals surface area contributed by atoms with Gasteiger partial charge in [0.1, 0.15) is 5.82 Å². The van der Waals surface area contributed by atoms with Crippen molar-refractivity contribution in [1.29, 1.82) is 0 Å². The molecule has 0 radical (unpaired) electrons. The molecule has 0 N–H and O–H groups in total. The van der Waals surface area contributed by atoms with E-state index < -0.39 is 11.5 Å². The van der Waals surface area contributed by atoms with Crippen molar-refractivity contribution < 1.29 is 13.5 Å². The Kier molecular flexibility index (Phi) is 7.65. The van der Waals surface area contributed by atoms with Gasteiger partial charge in [-0.1, -0.05) is 43.7 Å². The highest BCUT2D eigenvalue weighted by molar-refractivity contribution is 8.22. The molecule has 0 fully saturated rings. The second kappa shape index (κ2) is 9.74. The van der Waals surface area contributed by atoms with Gasteiger partial charge in [-0.15, -0.1) is 0 Å². The second-order valence-corrected chi connectivity index (χ2v) is 7.02. The molecule has 0 spiro atoms. The van der Waals surface area contributed by atoms with E-state index in [4.69, 9.17) is 17.0 Å². The van der Waals surface area contributed by atoms with Crippen LogP contribution in [0.25, 0.3) is 0 Å². The first kappa shape index (κ1) is 18.9. The Morgan fingerprint density at radius 1 is 1.33 bits per heavy atom. The molecule has 3 nitrogen and oxygen atoms in total. The van der Waals surface area contributed by atoms with E-state index in [0.717, 1.165) is 31.0 Å². The molecule has 0 bridgehead atoms. The van der Waals surface area contributed by atoms with Crippen LogP contribution in [0.3, 0.4) is 0 Å². The Hall–Kier alpha value is -1.47. The lowest BCUT2D eigenvalue weighted by atomic mass is 10.1. The van der Waals surface area contributed by atoms with Gasteiger partial charge in [-0.3, -0.25) is 0 Å². The molecular formula is C17H20F2N2OS2. The number of alkyl halides is 1. The first-order valence-corrected chi connectivity index (χ1v) is 9.11. The summed E-state index contributed by atoms with van der Waals surface area (Å²) in [7, 11) is 0. The molecule has 7 heteroatoms. The minimum absolute atomic E-state index is 0.295. The van der Waals surface area contributed by atoms with Crippen molar-refractivity contribution in [3.05, 3.63) is 54.4 Å². The van der Waals surface area contributed by atoms with Crippen molar-refractivity contribution in [2.45, 2.75) is 37.7 Å². The standard InChI is InChI=1S/C17H20F2N2OS2/c1-2-3-4-11-22-17(23)24-15(13-5-7-14(18)8-6-13)16(19)21-10-9-20-12-21/h5-10,12,15-16H,2-4,11H2,1H3. The Balaban J connectivity index is 2.08. The maximum absolute atomic E-state index is 14.9. The normalized spacial score (nSPS) is 13.5. The molecule has 0 amide bonds. The number of ether oxygens (including phenoxy) is 1. The summed E-state index contributed by atoms with van der Waals surface area (Å²) in [6.45, 7) is 2.63. The van der Waals surface area contributed by atoms with Crippen LogP contribution in [0.2, 0.25) is 0 Å². The van der Waals surface area contributed by atoms with Gasteiger partial charge in [-0.05, 0) is 36.3 Å². The summed E-state index contributed by atoms with van der Waals surface area (Å²) < 4.78 is 35.2. The van der Waals surface area contributed by atoms with E-state index in [9.17, 15) is 8.78 Å². The van der Waals surface area contributed by atoms with Crippen LogP contribution in [0.1, 0.15) is 43.3 Å². The third-order valence-electron chi connectivity index (χ3n) is 3.45. The van der Waals surface area contributed by atoms with Crippen molar-refractivity contribution >= 4 is 28.4 Å². The summed E-state index contributed by atoms with van der Waals surface area (Å²) in [6, 6.07) is 5.76. The van der Waals surface area contributed by atoms with Crippen molar-refractivity contribution in [3.8, 4) is 0 Å². The minimum atomic E-state index is -1.39. The SMILES string of the molecule is CCCCCOC(=S)SC(c1ccc(F)cc1)C(F)n1ccnc1. The van der Waals surface area contributed by atoms with Gasteiger partial charge in [0.25, 0.3) is 0 Å². The van der Waals surface area contributed by atoms with Crippen LogP contribution in [0.5, 0.6) is 0 Å². The van der Waals surface area contributed by atoms with Crippen molar-refractivity contribution in [2.24, 2.45) is 0 Å². The highest BCUT2D eigenvalue weighted by Crippen LogP contribution is 2.40. The largest absolute Gasteiger partial charge is 0.479 e. The molecule has 1 aromatic heterocycles. The van der Waals surface area contributed by atoms with Gasteiger partial charge in [-0.25, -0.2) is 13.8 Å². The van der Waals surface area contributed by atoms with Gasteiger partial charge in [-0.2, -0.15) is 0 Å². The topological polar surface area (TPSA) is 27.1 Å². The summed E-state index contributed by atoms with van der Waals surface area (Å²) >= 11 is 6.36. The van der Waals surface area contributed by atoms with Gasteiger partial charge < -0.3 is 9.30 Å². The van der Waals surface area contributed by atoms with Gasteiger partial charge >= 0.3 is 0 Å². The van der Waals surface area contributed by atoms with E-state index >= 15 is 0 Å². The zero-order chi connectivity index (χ0) is 17.4. The van der Waals surface area contributed by atoms with E-state index in [2.05, 4.69) is 11.9 Å². The molecule has 24 heavy (non-hydrogen) atoms. The van der Waals surface area contributed by atoms with Gasteiger partial charge in [0.05, 0.1) is 18.2 Å². The predicted octanol–water partition coefficient (Wildman–Crippen LogP) is 5.46. The van der Waals surface area contributed by atoms with Crippen LogP contribution in [0.15, 0.2) is 43.0 Å². The molecule has 130 valence electrons. The smallest absolute Gasteiger partial charge is 0.220 e. The molecule has 1 aromatic carbocycles. The Labute approximate surface area is 150 Å². The van der Waals surface area contributed by atoms with Crippen LogP contribution in [0, 0.1) is 5.82 Å². The molecule has 1 heterocycles. The number of nitrogens with zero attached hydrogens (tertiary/aromatic N) is 2. The van der Waals surface area contributed by atoms with E-state index in [0.29, 0.717) is 16.6 Å². The monoisotopic (exact) mass is 370 g/mol. The number of hydrogen-bond donors (Lipinski definition) is 0. The molecule has 0 aliphatic heterocycles. The minimum Gasteiger partial charge on any atom is -0.479 e. The number of benzene rings is 1. The lowest BCUT2D eigenvalue weighted by molar-refractivity contribution is 0.235. The van der Waals surface area contributed by atoms with Gasteiger partial charge in [0.2, 0.25) is 4.38 Å². The van der Waals surface area contributed by atoms with Gasteiger partial charge in [0.15, 0.2) is 6.30 Å². The highest BCUT2D eigenvalue weighted by atomic mass is 32.2. The second-order valence-electron chi connectivity index (χ2n) is 5.28. The summed E-state index contributed by atoms with van der Waals surface area (Å²) in [5, 5.41) is -0.640. The van der Waals surface area contributed by atoms with Gasteiger partial charge in [0, 0.05) is 12.4 Å². The summed E-state index contributed by atoms with van der Waals surface area (Å²) in [6.07, 6.45) is 6.15. The zero-order valence-corrected chi connectivity index (χ0v) is 15.0. The molecule has 0 aliphatic rings. The maximum atomic E-state index is 14.9. The number of unbranched alkanes of at least 4 members (excludes halogenated alkanes) is 2. The molecule has 0 saturated carbocycles. The van der Waals surface area contributed by atoms with Crippen LogP contribution < -0.4 is 0 Å². The molecule has 0 saturated heterocycles. The average molecular weight is 370 g/mol. The van der Waals surface area contributed by atoms with Crippen molar-refractivity contribution in [3.63, 3.8) is 0 Å². The number of aromatic nitrogens is 2. The van der Waals surface area contributed by atoms with Crippen LogP contribution in [-0.2, 0) is 4.74 Å². The number of halogens is 2. The lowest BCUT2D eigenvalue weighted by Gasteiger charge is -2.22. The quantitative estimate of drug-likeness (QED) is 0.456. The Bertz CT molecular complexity index is 620. The lowest BCUT2D eigenvalue weighted by Crippen LogP contribution is -2.13. The highest BCUT2D eigenvalue weighted by Gasteiger charge is 2.27. The van der Waals surface area contributed by atoms with E-state index in [1.165, 1.54) is 29.2 Å². The molecule has 2 aromatic rings. The Morgan fingerprint density at radius 2 is 2.08 bits per heavy atom. The third-order valence-corrected chi connectivity index (χ3v) is 4.92.